The van der Waals surface area contributed by atoms with Crippen molar-refractivity contribution in [1.82, 2.24) is 4.31 Å². The van der Waals surface area contributed by atoms with Crippen molar-refractivity contribution >= 4 is 15.7 Å². The van der Waals surface area contributed by atoms with Gasteiger partial charge in [0.15, 0.2) is 0 Å². The Morgan fingerprint density at radius 1 is 1.21 bits per heavy atom. The third kappa shape index (κ3) is 2.92. The highest BCUT2D eigenvalue weighted by Gasteiger charge is 2.31. The normalized spacial score (nSPS) is 25.4. The summed E-state index contributed by atoms with van der Waals surface area (Å²) >= 11 is 0. The van der Waals surface area contributed by atoms with Crippen LogP contribution < -0.4 is 5.73 Å². The van der Waals surface area contributed by atoms with Crippen LogP contribution in [-0.4, -0.2) is 25.8 Å². The number of piperidine rings is 1. The molecule has 4 nitrogen and oxygen atoms in total. The number of nitrogens with two attached hydrogens (primary N) is 1. The summed E-state index contributed by atoms with van der Waals surface area (Å²) in [6.07, 6.45) is 1.09. The van der Waals surface area contributed by atoms with Crippen molar-refractivity contribution in [2.24, 2.45) is 11.8 Å². The van der Waals surface area contributed by atoms with Crippen LogP contribution in [0.4, 0.5) is 5.69 Å². The average Bonchev–Trinajstić information content (AvgIpc) is 2.31. The largest absolute Gasteiger partial charge is 0.399 e. The van der Waals surface area contributed by atoms with Crippen molar-refractivity contribution in [3.8, 4) is 0 Å². The first-order valence-electron chi connectivity index (χ1n) is 6.67. The molecule has 106 valence electrons. The fourth-order valence-electron chi connectivity index (χ4n) is 2.76. The molecule has 0 bridgehead atoms. The molecule has 0 aliphatic carbocycles. The van der Waals surface area contributed by atoms with Crippen molar-refractivity contribution in [3.05, 3.63) is 23.8 Å². The van der Waals surface area contributed by atoms with Gasteiger partial charge in [-0.2, -0.15) is 4.31 Å². The minimum atomic E-state index is -3.39. The van der Waals surface area contributed by atoms with Crippen LogP contribution in [0.1, 0.15) is 25.8 Å². The van der Waals surface area contributed by atoms with E-state index in [0.717, 1.165) is 12.0 Å². The van der Waals surface area contributed by atoms with E-state index in [2.05, 4.69) is 13.8 Å². The molecule has 2 N–H and O–H groups in total. The molecule has 1 aliphatic heterocycles. The Morgan fingerprint density at radius 3 is 2.32 bits per heavy atom. The van der Waals surface area contributed by atoms with Crippen molar-refractivity contribution in [2.45, 2.75) is 32.1 Å². The minimum absolute atomic E-state index is 0.348. The van der Waals surface area contributed by atoms with E-state index < -0.39 is 10.0 Å². The molecule has 5 heteroatoms. The summed E-state index contributed by atoms with van der Waals surface area (Å²) in [5, 5.41) is 0. The fourth-order valence-corrected chi connectivity index (χ4v) is 4.53. The van der Waals surface area contributed by atoms with E-state index >= 15 is 0 Å². The lowest BCUT2D eigenvalue weighted by Gasteiger charge is -2.34. The maximum atomic E-state index is 12.6. The van der Waals surface area contributed by atoms with Crippen molar-refractivity contribution < 1.29 is 8.42 Å². The summed E-state index contributed by atoms with van der Waals surface area (Å²) in [5.41, 5.74) is 7.18. The molecule has 1 aliphatic rings. The number of anilines is 1. The third-order valence-corrected chi connectivity index (χ3v) is 5.54. The van der Waals surface area contributed by atoms with E-state index in [-0.39, 0.29) is 0 Å². The summed E-state index contributed by atoms with van der Waals surface area (Å²) in [6.45, 7) is 7.25. The predicted molar refractivity (Wildman–Crippen MR) is 77.3 cm³/mol. The second-order valence-corrected chi connectivity index (χ2v) is 7.72. The number of nitrogen functional groups attached to an aromatic ring is 1. The van der Waals surface area contributed by atoms with Gasteiger partial charge in [-0.15, -0.1) is 0 Å². The molecule has 0 aromatic heterocycles. The fraction of sp³-hybridized carbons (Fsp3) is 0.571. The van der Waals surface area contributed by atoms with Crippen molar-refractivity contribution in [1.29, 1.82) is 0 Å². The first-order chi connectivity index (χ1) is 8.80. The lowest BCUT2D eigenvalue weighted by atomic mass is 9.94. The molecule has 2 rings (SSSR count). The number of aryl methyl sites for hydroxylation is 1. The summed E-state index contributed by atoms with van der Waals surface area (Å²) in [4.78, 5) is 0.348. The summed E-state index contributed by atoms with van der Waals surface area (Å²) in [5.74, 6) is 0.821. The van der Waals surface area contributed by atoms with Crippen LogP contribution in [0, 0.1) is 18.8 Å². The minimum Gasteiger partial charge on any atom is -0.399 e. The number of sulfonamides is 1. The van der Waals surface area contributed by atoms with Gasteiger partial charge in [0.05, 0.1) is 4.90 Å². The molecule has 2 unspecified atom stereocenters. The highest BCUT2D eigenvalue weighted by molar-refractivity contribution is 7.89. The van der Waals surface area contributed by atoms with E-state index in [1.807, 2.05) is 6.92 Å². The molecule has 1 aromatic rings. The van der Waals surface area contributed by atoms with Gasteiger partial charge in [0.2, 0.25) is 10.0 Å². The van der Waals surface area contributed by atoms with Crippen LogP contribution in [0.2, 0.25) is 0 Å². The predicted octanol–water partition coefficient (Wildman–Crippen LogP) is 2.24. The van der Waals surface area contributed by atoms with Crippen molar-refractivity contribution in [3.63, 3.8) is 0 Å². The Balaban J connectivity index is 2.33. The smallest absolute Gasteiger partial charge is 0.243 e. The molecule has 19 heavy (non-hydrogen) atoms. The van der Waals surface area contributed by atoms with E-state index in [4.69, 9.17) is 5.73 Å². The molecular weight excluding hydrogens is 260 g/mol. The highest BCUT2D eigenvalue weighted by Crippen LogP contribution is 2.27. The number of rotatable bonds is 2. The van der Waals surface area contributed by atoms with Gasteiger partial charge in [0, 0.05) is 18.8 Å². The topological polar surface area (TPSA) is 63.4 Å². The Hall–Kier alpha value is -1.07. The van der Waals surface area contributed by atoms with E-state index in [0.29, 0.717) is 35.5 Å². The molecule has 1 heterocycles. The van der Waals surface area contributed by atoms with Gasteiger partial charge in [-0.3, -0.25) is 0 Å². The van der Waals surface area contributed by atoms with E-state index in [1.54, 1.807) is 22.5 Å². The van der Waals surface area contributed by atoms with Crippen LogP contribution >= 0.6 is 0 Å². The zero-order valence-electron chi connectivity index (χ0n) is 11.8. The maximum Gasteiger partial charge on any atom is 0.243 e. The van der Waals surface area contributed by atoms with E-state index in [9.17, 15) is 8.42 Å². The first kappa shape index (κ1) is 14.3. The SMILES string of the molecule is Cc1cc(S(=O)(=O)N2CC(C)CC(C)C2)ccc1N. The standard InChI is InChI=1S/C14H22N2O2S/c1-10-6-11(2)9-16(8-10)19(17,18)13-4-5-14(15)12(3)7-13/h4-5,7,10-11H,6,8-9,15H2,1-3H3. The monoisotopic (exact) mass is 282 g/mol. The lowest BCUT2D eigenvalue weighted by Crippen LogP contribution is -2.42. The van der Waals surface area contributed by atoms with Gasteiger partial charge >= 0.3 is 0 Å². The number of benzene rings is 1. The number of hydrogen-bond donors (Lipinski definition) is 1. The van der Waals surface area contributed by atoms with Gasteiger partial charge < -0.3 is 5.73 Å². The molecule has 1 aromatic carbocycles. The Labute approximate surface area is 115 Å². The zero-order valence-corrected chi connectivity index (χ0v) is 12.6. The van der Waals surface area contributed by atoms with Gasteiger partial charge in [-0.1, -0.05) is 13.8 Å². The Bertz CT molecular complexity index is 559. The van der Waals surface area contributed by atoms with Gasteiger partial charge in [0.25, 0.3) is 0 Å². The second kappa shape index (κ2) is 5.13. The van der Waals surface area contributed by atoms with Crippen LogP contribution in [0.25, 0.3) is 0 Å². The number of nitrogens with zero attached hydrogens (tertiary/aromatic N) is 1. The molecule has 0 amide bonds. The lowest BCUT2D eigenvalue weighted by molar-refractivity contribution is 0.222. The summed E-state index contributed by atoms with van der Waals surface area (Å²) in [6, 6.07) is 4.93. The average molecular weight is 282 g/mol. The first-order valence-corrected chi connectivity index (χ1v) is 8.11. The second-order valence-electron chi connectivity index (χ2n) is 5.79. The molecule has 0 saturated carbocycles. The maximum absolute atomic E-state index is 12.6. The molecule has 1 fully saturated rings. The van der Waals surface area contributed by atoms with Crippen LogP contribution in [0.15, 0.2) is 23.1 Å². The summed E-state index contributed by atoms with van der Waals surface area (Å²) < 4.78 is 26.9. The van der Waals surface area contributed by atoms with Crippen LogP contribution in [0.3, 0.4) is 0 Å². The van der Waals surface area contributed by atoms with Crippen molar-refractivity contribution in [2.75, 3.05) is 18.8 Å². The van der Waals surface area contributed by atoms with Crippen LogP contribution in [0.5, 0.6) is 0 Å². The van der Waals surface area contributed by atoms with E-state index in [1.165, 1.54) is 0 Å². The Morgan fingerprint density at radius 2 is 1.79 bits per heavy atom. The van der Waals surface area contributed by atoms with Crippen LogP contribution in [-0.2, 0) is 10.0 Å². The highest BCUT2D eigenvalue weighted by atomic mass is 32.2. The molecular formula is C14H22N2O2S. The zero-order chi connectivity index (χ0) is 14.2. The molecule has 0 radical (unpaired) electrons. The molecule has 0 spiro atoms. The van der Waals surface area contributed by atoms with Gasteiger partial charge in [0.1, 0.15) is 0 Å². The van der Waals surface area contributed by atoms with Gasteiger partial charge in [-0.25, -0.2) is 8.42 Å². The van der Waals surface area contributed by atoms with Gasteiger partial charge in [-0.05, 0) is 48.9 Å². The molecule has 2 atom stereocenters. The quantitative estimate of drug-likeness (QED) is 0.846. The number of hydrogen-bond acceptors (Lipinski definition) is 3. The summed E-state index contributed by atoms with van der Waals surface area (Å²) in [7, 11) is -3.39. The Kier molecular flexibility index (Phi) is 3.87. The molecule has 1 saturated heterocycles. The third-order valence-electron chi connectivity index (χ3n) is 3.71.